The molecule has 0 heterocycles. The standard InChI is InChI=1S/C9H12O3S/c1-3-8-4-7(2)5-9(6-8)13(10,11)12/h4-6H,3H2,1-2H3,(H,10,11,12). The molecule has 1 aromatic carbocycles. The van der Waals surface area contributed by atoms with Crippen LogP contribution in [0.3, 0.4) is 0 Å². The maximum Gasteiger partial charge on any atom is 0.294 e. The van der Waals surface area contributed by atoms with Crippen LogP contribution in [0, 0.1) is 6.92 Å². The summed E-state index contributed by atoms with van der Waals surface area (Å²) in [5.41, 5.74) is 1.75. The molecular weight excluding hydrogens is 188 g/mol. The first kappa shape index (κ1) is 10.2. The lowest BCUT2D eigenvalue weighted by molar-refractivity contribution is 0.483. The molecule has 0 aliphatic heterocycles. The van der Waals surface area contributed by atoms with Crippen molar-refractivity contribution in [2.75, 3.05) is 0 Å². The van der Waals surface area contributed by atoms with Crippen LogP contribution in [0.15, 0.2) is 23.1 Å². The molecule has 4 heteroatoms. The van der Waals surface area contributed by atoms with E-state index in [4.69, 9.17) is 4.55 Å². The summed E-state index contributed by atoms with van der Waals surface area (Å²) in [4.78, 5) is -0.0237. The predicted molar refractivity (Wildman–Crippen MR) is 50.4 cm³/mol. The second-order valence-electron chi connectivity index (χ2n) is 2.98. The fraction of sp³-hybridized carbons (Fsp3) is 0.333. The van der Waals surface area contributed by atoms with Gasteiger partial charge in [0.15, 0.2) is 0 Å². The van der Waals surface area contributed by atoms with E-state index in [1.54, 1.807) is 6.92 Å². The first-order valence-corrected chi connectivity index (χ1v) is 5.45. The smallest absolute Gasteiger partial charge is 0.282 e. The number of rotatable bonds is 2. The summed E-state index contributed by atoms with van der Waals surface area (Å²) in [7, 11) is -4.06. The molecule has 0 saturated carbocycles. The van der Waals surface area contributed by atoms with E-state index >= 15 is 0 Å². The van der Waals surface area contributed by atoms with Crippen LogP contribution in [-0.2, 0) is 16.5 Å². The molecule has 1 rings (SSSR count). The summed E-state index contributed by atoms with van der Waals surface area (Å²) in [5, 5.41) is 0. The minimum Gasteiger partial charge on any atom is -0.282 e. The van der Waals surface area contributed by atoms with Crippen molar-refractivity contribution in [3.05, 3.63) is 29.3 Å². The van der Waals surface area contributed by atoms with Crippen molar-refractivity contribution >= 4 is 10.1 Å². The quantitative estimate of drug-likeness (QED) is 0.741. The van der Waals surface area contributed by atoms with Gasteiger partial charge in [-0.15, -0.1) is 0 Å². The fourth-order valence-corrected chi connectivity index (χ4v) is 1.81. The Morgan fingerprint density at radius 1 is 1.31 bits per heavy atom. The fourth-order valence-electron chi connectivity index (χ4n) is 1.18. The third-order valence-corrected chi connectivity index (χ3v) is 2.65. The average molecular weight is 200 g/mol. The Balaban J connectivity index is 3.33. The number of hydrogen-bond acceptors (Lipinski definition) is 2. The van der Waals surface area contributed by atoms with Crippen LogP contribution < -0.4 is 0 Å². The number of benzene rings is 1. The first-order chi connectivity index (χ1) is 5.93. The second-order valence-corrected chi connectivity index (χ2v) is 4.40. The minimum absolute atomic E-state index is 0.0237. The zero-order valence-electron chi connectivity index (χ0n) is 7.61. The highest BCUT2D eigenvalue weighted by atomic mass is 32.2. The van der Waals surface area contributed by atoms with Gasteiger partial charge in [-0.1, -0.05) is 13.0 Å². The molecule has 0 saturated heterocycles. The van der Waals surface area contributed by atoms with Crippen molar-refractivity contribution in [2.24, 2.45) is 0 Å². The molecule has 72 valence electrons. The lowest BCUT2D eigenvalue weighted by Crippen LogP contribution is -1.99. The molecule has 0 aromatic heterocycles. The van der Waals surface area contributed by atoms with E-state index in [2.05, 4.69) is 0 Å². The molecule has 1 aromatic rings. The van der Waals surface area contributed by atoms with E-state index in [0.29, 0.717) is 0 Å². The highest BCUT2D eigenvalue weighted by Gasteiger charge is 2.10. The van der Waals surface area contributed by atoms with Gasteiger partial charge in [0.1, 0.15) is 0 Å². The van der Waals surface area contributed by atoms with Crippen LogP contribution in [0.4, 0.5) is 0 Å². The summed E-state index contributed by atoms with van der Waals surface area (Å²) >= 11 is 0. The summed E-state index contributed by atoms with van der Waals surface area (Å²) in [6.45, 7) is 3.73. The highest BCUT2D eigenvalue weighted by molar-refractivity contribution is 7.85. The van der Waals surface area contributed by atoms with Gasteiger partial charge in [-0.2, -0.15) is 8.42 Å². The van der Waals surface area contributed by atoms with E-state index in [-0.39, 0.29) is 4.90 Å². The maximum absolute atomic E-state index is 10.8. The zero-order valence-corrected chi connectivity index (χ0v) is 8.43. The molecule has 0 amide bonds. The second kappa shape index (κ2) is 3.47. The van der Waals surface area contributed by atoms with Gasteiger partial charge in [-0.05, 0) is 36.6 Å². The molecule has 0 unspecified atom stereocenters. The van der Waals surface area contributed by atoms with Gasteiger partial charge in [0.25, 0.3) is 10.1 Å². The molecule has 0 aliphatic rings. The summed E-state index contributed by atoms with van der Waals surface area (Å²) in [6.07, 6.45) is 0.754. The molecule has 0 aliphatic carbocycles. The van der Waals surface area contributed by atoms with Crippen LogP contribution in [0.2, 0.25) is 0 Å². The van der Waals surface area contributed by atoms with Crippen molar-refractivity contribution in [2.45, 2.75) is 25.2 Å². The molecule has 0 spiro atoms. The summed E-state index contributed by atoms with van der Waals surface area (Å²) < 4.78 is 30.4. The van der Waals surface area contributed by atoms with Crippen LogP contribution in [0.5, 0.6) is 0 Å². The molecule has 1 N–H and O–H groups in total. The van der Waals surface area contributed by atoms with Crippen LogP contribution >= 0.6 is 0 Å². The topological polar surface area (TPSA) is 54.4 Å². The molecule has 0 fully saturated rings. The van der Waals surface area contributed by atoms with E-state index in [0.717, 1.165) is 17.5 Å². The Morgan fingerprint density at radius 3 is 2.38 bits per heavy atom. The molecule has 0 bridgehead atoms. The Labute approximate surface area is 78.2 Å². The van der Waals surface area contributed by atoms with Gasteiger partial charge < -0.3 is 0 Å². The Kier molecular flexibility index (Phi) is 2.73. The Hall–Kier alpha value is -0.870. The third kappa shape index (κ3) is 2.54. The van der Waals surface area contributed by atoms with Gasteiger partial charge in [-0.3, -0.25) is 4.55 Å². The first-order valence-electron chi connectivity index (χ1n) is 4.01. The van der Waals surface area contributed by atoms with Crippen LogP contribution in [0.1, 0.15) is 18.1 Å². The monoisotopic (exact) mass is 200 g/mol. The van der Waals surface area contributed by atoms with Crippen LogP contribution in [0.25, 0.3) is 0 Å². The van der Waals surface area contributed by atoms with E-state index in [1.165, 1.54) is 12.1 Å². The summed E-state index contributed by atoms with van der Waals surface area (Å²) in [6, 6.07) is 4.84. The summed E-state index contributed by atoms with van der Waals surface area (Å²) in [5.74, 6) is 0. The minimum atomic E-state index is -4.06. The van der Waals surface area contributed by atoms with Crippen molar-refractivity contribution < 1.29 is 13.0 Å². The number of hydrogen-bond donors (Lipinski definition) is 1. The molecule has 0 radical (unpaired) electrons. The average Bonchev–Trinajstić information content (AvgIpc) is 2.01. The molecular formula is C9H12O3S. The molecule has 0 atom stereocenters. The van der Waals surface area contributed by atoms with Gasteiger partial charge in [0, 0.05) is 0 Å². The van der Waals surface area contributed by atoms with Gasteiger partial charge >= 0.3 is 0 Å². The lowest BCUT2D eigenvalue weighted by atomic mass is 10.1. The van der Waals surface area contributed by atoms with Crippen molar-refractivity contribution in [1.29, 1.82) is 0 Å². The third-order valence-electron chi connectivity index (χ3n) is 1.82. The molecule has 13 heavy (non-hydrogen) atoms. The van der Waals surface area contributed by atoms with Crippen molar-refractivity contribution in [3.8, 4) is 0 Å². The maximum atomic E-state index is 10.8. The van der Waals surface area contributed by atoms with Gasteiger partial charge in [0.05, 0.1) is 4.90 Å². The van der Waals surface area contributed by atoms with Gasteiger partial charge in [-0.25, -0.2) is 0 Å². The SMILES string of the molecule is CCc1cc(C)cc(S(=O)(=O)O)c1. The lowest BCUT2D eigenvalue weighted by Gasteiger charge is -2.02. The van der Waals surface area contributed by atoms with Crippen molar-refractivity contribution in [3.63, 3.8) is 0 Å². The number of aryl methyl sites for hydroxylation is 2. The van der Waals surface area contributed by atoms with Gasteiger partial charge in [0.2, 0.25) is 0 Å². The van der Waals surface area contributed by atoms with E-state index < -0.39 is 10.1 Å². The van der Waals surface area contributed by atoms with Crippen molar-refractivity contribution in [1.82, 2.24) is 0 Å². The Morgan fingerprint density at radius 2 is 1.92 bits per heavy atom. The largest absolute Gasteiger partial charge is 0.294 e. The Bertz CT molecular complexity index is 407. The highest BCUT2D eigenvalue weighted by Crippen LogP contribution is 2.14. The van der Waals surface area contributed by atoms with Crippen LogP contribution in [-0.4, -0.2) is 13.0 Å². The normalized spacial score (nSPS) is 11.6. The zero-order chi connectivity index (χ0) is 10.1. The van der Waals surface area contributed by atoms with E-state index in [9.17, 15) is 8.42 Å². The van der Waals surface area contributed by atoms with E-state index in [1.807, 2.05) is 13.0 Å². The predicted octanol–water partition coefficient (Wildman–Crippen LogP) is 1.80. The molecule has 3 nitrogen and oxygen atoms in total.